The van der Waals surface area contributed by atoms with Gasteiger partial charge in [0.15, 0.2) is 10.4 Å². The van der Waals surface area contributed by atoms with E-state index < -0.39 is 5.97 Å². The number of carboxylic acid groups (broad SMARTS) is 1. The highest BCUT2D eigenvalue weighted by Gasteiger charge is 2.08. The number of rotatable bonds is 5. The Morgan fingerprint density at radius 3 is 2.90 bits per heavy atom. The highest BCUT2D eigenvalue weighted by atomic mass is 79.9. The second-order valence-electron chi connectivity index (χ2n) is 3.62. The number of thiazole rings is 1. The van der Waals surface area contributed by atoms with E-state index in [0.717, 1.165) is 0 Å². The van der Waals surface area contributed by atoms with Gasteiger partial charge < -0.3 is 14.8 Å². The van der Waals surface area contributed by atoms with Gasteiger partial charge >= 0.3 is 5.97 Å². The lowest BCUT2D eigenvalue weighted by Crippen LogP contribution is -2.20. The molecule has 0 radical (unpaired) electrons. The minimum Gasteiger partial charge on any atom is -0.476 e. The predicted molar refractivity (Wildman–Crippen MR) is 76.4 cm³/mol. The summed E-state index contributed by atoms with van der Waals surface area (Å²) >= 11 is 4.34. The van der Waals surface area contributed by atoms with Gasteiger partial charge in [-0.3, -0.25) is 4.79 Å². The van der Waals surface area contributed by atoms with E-state index in [9.17, 15) is 9.59 Å². The number of carbonyl (C=O) groups excluding carboxylic acids is 1. The molecule has 0 saturated heterocycles. The fourth-order valence-electron chi connectivity index (χ4n) is 1.29. The van der Waals surface area contributed by atoms with Crippen LogP contribution >= 0.6 is 27.3 Å². The average Bonchev–Trinajstić information content (AvgIpc) is 3.03. The van der Waals surface area contributed by atoms with Crippen LogP contribution in [-0.4, -0.2) is 22.0 Å². The van der Waals surface area contributed by atoms with Gasteiger partial charge in [-0.2, -0.15) is 0 Å². The fraction of sp³-hybridized carbons (Fsp3) is 0.0833. The Hall–Kier alpha value is -1.93. The molecular formula is C12H9BrN2O4S. The fourth-order valence-corrected chi connectivity index (χ4v) is 2.31. The van der Waals surface area contributed by atoms with Crippen LogP contribution < -0.4 is 5.32 Å². The minimum absolute atomic E-state index is 0.0183. The lowest BCUT2D eigenvalue weighted by molar-refractivity contribution is -0.116. The number of hydrogen-bond donors (Lipinski definition) is 2. The van der Waals surface area contributed by atoms with Crippen molar-refractivity contribution >= 4 is 45.2 Å². The first-order valence-electron chi connectivity index (χ1n) is 5.43. The van der Waals surface area contributed by atoms with Gasteiger partial charge in [0.1, 0.15) is 10.8 Å². The van der Waals surface area contributed by atoms with Crippen molar-refractivity contribution in [2.45, 2.75) is 6.54 Å². The van der Waals surface area contributed by atoms with Crippen LogP contribution in [0.1, 0.15) is 21.3 Å². The van der Waals surface area contributed by atoms with Crippen LogP contribution in [0.3, 0.4) is 0 Å². The van der Waals surface area contributed by atoms with Crippen LogP contribution in [0.5, 0.6) is 0 Å². The molecule has 0 aliphatic rings. The number of furan rings is 1. The summed E-state index contributed by atoms with van der Waals surface area (Å²) < 4.78 is 5.79. The summed E-state index contributed by atoms with van der Waals surface area (Å²) in [5.41, 5.74) is -0.0183. The van der Waals surface area contributed by atoms with Crippen molar-refractivity contribution in [3.05, 3.63) is 44.7 Å². The SMILES string of the molecule is O=C(C=Cc1ccc(Br)o1)NCc1nc(C(=O)O)cs1. The number of carboxylic acids is 1. The molecule has 0 aliphatic heterocycles. The Morgan fingerprint density at radius 2 is 2.30 bits per heavy atom. The second kappa shape index (κ2) is 6.49. The predicted octanol–water partition coefficient (Wildman–Crippen LogP) is 2.53. The Balaban J connectivity index is 1.85. The minimum atomic E-state index is -1.08. The smallest absolute Gasteiger partial charge is 0.355 e. The molecule has 0 bridgehead atoms. The number of nitrogens with one attached hydrogen (secondary N) is 1. The molecule has 0 aliphatic carbocycles. The van der Waals surface area contributed by atoms with Gasteiger partial charge in [-0.1, -0.05) is 0 Å². The van der Waals surface area contributed by atoms with E-state index in [1.54, 1.807) is 12.1 Å². The second-order valence-corrected chi connectivity index (χ2v) is 5.35. The summed E-state index contributed by atoms with van der Waals surface area (Å²) in [5.74, 6) is -0.846. The van der Waals surface area contributed by atoms with Crippen molar-refractivity contribution in [3.63, 3.8) is 0 Å². The van der Waals surface area contributed by atoms with Crippen molar-refractivity contribution in [2.24, 2.45) is 0 Å². The molecule has 0 atom stereocenters. The van der Waals surface area contributed by atoms with Gasteiger partial charge in [0.25, 0.3) is 0 Å². The van der Waals surface area contributed by atoms with Crippen molar-refractivity contribution in [1.82, 2.24) is 10.3 Å². The number of aromatic nitrogens is 1. The molecule has 1 amide bonds. The highest BCUT2D eigenvalue weighted by molar-refractivity contribution is 9.10. The molecular weight excluding hydrogens is 348 g/mol. The molecule has 2 aromatic heterocycles. The van der Waals surface area contributed by atoms with Crippen LogP contribution in [0, 0.1) is 0 Å². The van der Waals surface area contributed by atoms with Gasteiger partial charge in [0.2, 0.25) is 5.91 Å². The monoisotopic (exact) mass is 356 g/mol. The Bertz CT molecular complexity index is 662. The van der Waals surface area contributed by atoms with E-state index in [2.05, 4.69) is 26.2 Å². The topological polar surface area (TPSA) is 92.4 Å². The van der Waals surface area contributed by atoms with Crippen molar-refractivity contribution in [2.75, 3.05) is 0 Å². The number of aromatic carboxylic acids is 1. The third kappa shape index (κ3) is 4.04. The van der Waals surface area contributed by atoms with E-state index >= 15 is 0 Å². The highest BCUT2D eigenvalue weighted by Crippen LogP contribution is 2.15. The summed E-state index contributed by atoms with van der Waals surface area (Å²) in [6.07, 6.45) is 2.86. The van der Waals surface area contributed by atoms with Crippen molar-refractivity contribution in [3.8, 4) is 0 Å². The van der Waals surface area contributed by atoms with Crippen LogP contribution in [0.2, 0.25) is 0 Å². The Kier molecular flexibility index (Phi) is 4.70. The van der Waals surface area contributed by atoms with Crippen LogP contribution in [0.25, 0.3) is 6.08 Å². The molecule has 104 valence electrons. The van der Waals surface area contributed by atoms with E-state index in [0.29, 0.717) is 15.4 Å². The quantitative estimate of drug-likeness (QED) is 0.803. The molecule has 8 heteroatoms. The first kappa shape index (κ1) is 14.5. The molecule has 6 nitrogen and oxygen atoms in total. The number of nitrogens with zero attached hydrogens (tertiary/aromatic N) is 1. The van der Waals surface area contributed by atoms with Crippen molar-refractivity contribution in [1.29, 1.82) is 0 Å². The van der Waals surface area contributed by atoms with E-state index in [1.165, 1.54) is 28.9 Å². The Labute approximate surface area is 126 Å². The molecule has 2 rings (SSSR count). The number of amides is 1. The summed E-state index contributed by atoms with van der Waals surface area (Å²) in [6.45, 7) is 0.184. The maximum absolute atomic E-state index is 11.5. The van der Waals surface area contributed by atoms with E-state index in [1.807, 2.05) is 0 Å². The largest absolute Gasteiger partial charge is 0.476 e. The number of carbonyl (C=O) groups is 2. The third-order valence-corrected chi connectivity index (χ3v) is 3.45. The lowest BCUT2D eigenvalue weighted by Gasteiger charge is -1.97. The van der Waals surface area contributed by atoms with Crippen LogP contribution in [0.15, 0.2) is 32.7 Å². The molecule has 2 heterocycles. The van der Waals surface area contributed by atoms with E-state index in [4.69, 9.17) is 9.52 Å². The first-order chi connectivity index (χ1) is 9.54. The standard InChI is InChI=1S/C12H9BrN2O4S/c13-9-3-1-7(19-9)2-4-10(16)14-5-11-15-8(6-20-11)12(17)18/h1-4,6H,5H2,(H,14,16)(H,17,18). The van der Waals surface area contributed by atoms with Crippen LogP contribution in [-0.2, 0) is 11.3 Å². The molecule has 2 aromatic rings. The Morgan fingerprint density at radius 1 is 1.50 bits per heavy atom. The summed E-state index contributed by atoms with van der Waals surface area (Å²) in [6, 6.07) is 3.44. The van der Waals surface area contributed by atoms with Crippen molar-refractivity contribution < 1.29 is 19.1 Å². The molecule has 2 N–H and O–H groups in total. The maximum atomic E-state index is 11.5. The first-order valence-corrected chi connectivity index (χ1v) is 7.11. The summed E-state index contributed by atoms with van der Waals surface area (Å²) in [5, 5.41) is 13.3. The molecule has 0 spiro atoms. The lowest BCUT2D eigenvalue weighted by atomic mass is 10.4. The summed E-state index contributed by atoms with van der Waals surface area (Å²) in [4.78, 5) is 26.1. The van der Waals surface area contributed by atoms with Gasteiger partial charge in [-0.25, -0.2) is 9.78 Å². The van der Waals surface area contributed by atoms with Gasteiger partial charge in [0.05, 0.1) is 6.54 Å². The maximum Gasteiger partial charge on any atom is 0.355 e. The van der Waals surface area contributed by atoms with Crippen LogP contribution in [0.4, 0.5) is 0 Å². The van der Waals surface area contributed by atoms with Gasteiger partial charge in [-0.05, 0) is 34.1 Å². The number of halogens is 1. The third-order valence-electron chi connectivity index (χ3n) is 2.18. The normalized spacial score (nSPS) is 10.8. The molecule has 20 heavy (non-hydrogen) atoms. The average molecular weight is 357 g/mol. The number of hydrogen-bond acceptors (Lipinski definition) is 5. The molecule has 0 saturated carbocycles. The zero-order valence-corrected chi connectivity index (χ0v) is 12.4. The van der Waals surface area contributed by atoms with Gasteiger partial charge in [-0.15, -0.1) is 11.3 Å². The summed E-state index contributed by atoms with van der Waals surface area (Å²) in [7, 11) is 0. The van der Waals surface area contributed by atoms with Gasteiger partial charge in [0, 0.05) is 11.5 Å². The zero-order valence-electron chi connectivity index (χ0n) is 10.00. The zero-order chi connectivity index (χ0) is 14.5. The molecule has 0 fully saturated rings. The van der Waals surface area contributed by atoms with E-state index in [-0.39, 0.29) is 18.1 Å². The molecule has 0 unspecified atom stereocenters. The molecule has 0 aromatic carbocycles.